The minimum absolute atomic E-state index is 0.172. The van der Waals surface area contributed by atoms with Crippen molar-refractivity contribution in [1.29, 1.82) is 10.5 Å². The van der Waals surface area contributed by atoms with Crippen LogP contribution >= 0.6 is 23.2 Å². The van der Waals surface area contributed by atoms with E-state index in [1.54, 1.807) is 36.4 Å². The lowest BCUT2D eigenvalue weighted by Gasteiger charge is -2.07. The van der Waals surface area contributed by atoms with Crippen molar-refractivity contribution in [3.63, 3.8) is 0 Å². The number of halogens is 2. The highest BCUT2D eigenvalue weighted by Crippen LogP contribution is 2.25. The van der Waals surface area contributed by atoms with E-state index >= 15 is 0 Å². The van der Waals surface area contributed by atoms with Crippen LogP contribution in [-0.4, -0.2) is 5.91 Å². The number of hydrogen-bond acceptors (Lipinski definition) is 4. The second kappa shape index (κ2) is 8.03. The number of nitriles is 2. The van der Waals surface area contributed by atoms with Crippen molar-refractivity contribution in [2.75, 3.05) is 10.6 Å². The molecule has 0 atom stereocenters. The largest absolute Gasteiger partial charge is 0.359 e. The number of benzene rings is 2. The molecular weight excluding hydrogens is 347 g/mol. The Hall–Kier alpha value is -2.99. The molecule has 2 rings (SSSR count). The molecule has 7 heteroatoms. The third-order valence-electron chi connectivity index (χ3n) is 2.96. The van der Waals surface area contributed by atoms with Crippen LogP contribution in [0.25, 0.3) is 0 Å². The lowest BCUT2D eigenvalue weighted by atomic mass is 10.2. The van der Waals surface area contributed by atoms with Gasteiger partial charge in [0.05, 0.1) is 22.0 Å². The number of anilines is 2. The van der Waals surface area contributed by atoms with E-state index < -0.39 is 5.91 Å². The molecule has 0 aliphatic rings. The summed E-state index contributed by atoms with van der Waals surface area (Å²) in [7, 11) is 0. The van der Waals surface area contributed by atoms with Crippen molar-refractivity contribution < 1.29 is 4.79 Å². The molecule has 0 radical (unpaired) electrons. The normalized spacial score (nSPS) is 10.4. The first-order chi connectivity index (χ1) is 11.5. The Morgan fingerprint density at radius 1 is 1.08 bits per heavy atom. The molecule has 2 N–H and O–H groups in total. The Labute approximate surface area is 148 Å². The van der Waals surface area contributed by atoms with Crippen molar-refractivity contribution in [3.05, 3.63) is 69.8 Å². The number of para-hydroxylation sites is 1. The number of nitrogens with one attached hydrogen (secondary N) is 2. The molecule has 0 bridgehead atoms. The highest BCUT2D eigenvalue weighted by molar-refractivity contribution is 6.36. The first-order valence-electron chi connectivity index (χ1n) is 6.67. The van der Waals surface area contributed by atoms with Crippen LogP contribution in [0.15, 0.2) is 54.2 Å². The van der Waals surface area contributed by atoms with Crippen LogP contribution in [0.3, 0.4) is 0 Å². The molecule has 1 amide bonds. The molecule has 0 aliphatic carbocycles. The van der Waals surface area contributed by atoms with Gasteiger partial charge in [-0.3, -0.25) is 4.79 Å². The van der Waals surface area contributed by atoms with Gasteiger partial charge in [-0.2, -0.15) is 10.5 Å². The Bertz CT molecular complexity index is 894. The summed E-state index contributed by atoms with van der Waals surface area (Å²) in [6.07, 6.45) is 1.23. The first kappa shape index (κ1) is 17.4. The molecule has 0 heterocycles. The fourth-order valence-electron chi connectivity index (χ4n) is 1.79. The minimum Gasteiger partial charge on any atom is -0.359 e. The van der Waals surface area contributed by atoms with Crippen LogP contribution < -0.4 is 10.6 Å². The van der Waals surface area contributed by atoms with E-state index in [4.69, 9.17) is 33.7 Å². The zero-order valence-electron chi connectivity index (χ0n) is 12.2. The van der Waals surface area contributed by atoms with Crippen LogP contribution in [0.4, 0.5) is 11.4 Å². The van der Waals surface area contributed by atoms with Crippen LogP contribution in [0.1, 0.15) is 5.56 Å². The van der Waals surface area contributed by atoms with Crippen molar-refractivity contribution in [2.45, 2.75) is 0 Å². The van der Waals surface area contributed by atoms with Crippen LogP contribution in [0.2, 0.25) is 10.0 Å². The molecule has 0 spiro atoms. The fourth-order valence-corrected chi connectivity index (χ4v) is 2.24. The van der Waals surface area contributed by atoms with Gasteiger partial charge in [0.2, 0.25) is 0 Å². The van der Waals surface area contributed by atoms with E-state index in [9.17, 15) is 4.79 Å². The lowest BCUT2D eigenvalue weighted by molar-refractivity contribution is -0.112. The molecule has 118 valence electrons. The zero-order valence-corrected chi connectivity index (χ0v) is 13.7. The molecule has 0 saturated heterocycles. The third kappa shape index (κ3) is 4.27. The van der Waals surface area contributed by atoms with Gasteiger partial charge < -0.3 is 10.6 Å². The van der Waals surface area contributed by atoms with Gasteiger partial charge in [-0.15, -0.1) is 0 Å². The van der Waals surface area contributed by atoms with Gasteiger partial charge in [0.1, 0.15) is 17.7 Å². The van der Waals surface area contributed by atoms with E-state index in [-0.39, 0.29) is 10.6 Å². The molecule has 2 aromatic carbocycles. The SMILES string of the molecule is N#C/C(=C/Nc1ccccc1C#N)C(=O)Nc1ccc(Cl)cc1Cl. The molecule has 0 saturated carbocycles. The Kier molecular flexibility index (Phi) is 5.81. The summed E-state index contributed by atoms with van der Waals surface area (Å²) in [5.74, 6) is -0.635. The molecule has 0 unspecified atom stereocenters. The van der Waals surface area contributed by atoms with Crippen molar-refractivity contribution in [3.8, 4) is 12.1 Å². The second-order valence-corrected chi connectivity index (χ2v) is 5.39. The molecule has 0 aliphatic heterocycles. The average molecular weight is 357 g/mol. The summed E-state index contributed by atoms with van der Waals surface area (Å²) in [4.78, 5) is 12.2. The molecule has 0 fully saturated rings. The van der Waals surface area contributed by atoms with Gasteiger partial charge in [0.25, 0.3) is 5.91 Å². The Morgan fingerprint density at radius 3 is 2.50 bits per heavy atom. The number of rotatable bonds is 4. The molecule has 2 aromatic rings. The van der Waals surface area contributed by atoms with Gasteiger partial charge in [0.15, 0.2) is 0 Å². The van der Waals surface area contributed by atoms with Gasteiger partial charge >= 0.3 is 0 Å². The van der Waals surface area contributed by atoms with Gasteiger partial charge in [-0.05, 0) is 30.3 Å². The van der Waals surface area contributed by atoms with Gasteiger partial charge in [0, 0.05) is 11.2 Å². The average Bonchev–Trinajstić information content (AvgIpc) is 2.58. The first-order valence-corrected chi connectivity index (χ1v) is 7.43. The monoisotopic (exact) mass is 356 g/mol. The van der Waals surface area contributed by atoms with Gasteiger partial charge in [-0.1, -0.05) is 35.3 Å². The van der Waals surface area contributed by atoms with E-state index in [0.717, 1.165) is 0 Å². The van der Waals surface area contributed by atoms with Crippen molar-refractivity contribution in [2.24, 2.45) is 0 Å². The van der Waals surface area contributed by atoms with E-state index in [2.05, 4.69) is 10.6 Å². The van der Waals surface area contributed by atoms with E-state index in [1.807, 2.05) is 6.07 Å². The minimum atomic E-state index is -0.635. The number of carbonyl (C=O) groups is 1. The highest BCUT2D eigenvalue weighted by Gasteiger charge is 2.12. The zero-order chi connectivity index (χ0) is 17.5. The maximum atomic E-state index is 12.2. The predicted molar refractivity (Wildman–Crippen MR) is 93.6 cm³/mol. The van der Waals surface area contributed by atoms with Gasteiger partial charge in [-0.25, -0.2) is 0 Å². The fraction of sp³-hybridized carbons (Fsp3) is 0. The number of carbonyl (C=O) groups excluding carboxylic acids is 1. The van der Waals surface area contributed by atoms with Crippen molar-refractivity contribution in [1.82, 2.24) is 0 Å². The highest BCUT2D eigenvalue weighted by atomic mass is 35.5. The Morgan fingerprint density at radius 2 is 1.83 bits per heavy atom. The third-order valence-corrected chi connectivity index (χ3v) is 3.51. The summed E-state index contributed by atoms with van der Waals surface area (Å²) in [6, 6.07) is 15.1. The van der Waals surface area contributed by atoms with Crippen LogP contribution in [0.5, 0.6) is 0 Å². The summed E-state index contributed by atoms with van der Waals surface area (Å²) in [6.45, 7) is 0. The smallest absolute Gasteiger partial charge is 0.267 e. The van der Waals surface area contributed by atoms with Crippen LogP contribution in [0, 0.1) is 22.7 Å². The molecule has 24 heavy (non-hydrogen) atoms. The summed E-state index contributed by atoms with van der Waals surface area (Å²) < 4.78 is 0. The maximum Gasteiger partial charge on any atom is 0.267 e. The summed E-state index contributed by atoms with van der Waals surface area (Å²) >= 11 is 11.8. The lowest BCUT2D eigenvalue weighted by Crippen LogP contribution is -2.15. The van der Waals surface area contributed by atoms with Crippen LogP contribution in [-0.2, 0) is 4.79 Å². The molecule has 0 aromatic heterocycles. The number of hydrogen-bond donors (Lipinski definition) is 2. The van der Waals surface area contributed by atoms with E-state index in [1.165, 1.54) is 18.3 Å². The topological polar surface area (TPSA) is 88.7 Å². The summed E-state index contributed by atoms with van der Waals surface area (Å²) in [5, 5.41) is 24.2. The summed E-state index contributed by atoms with van der Waals surface area (Å²) in [5.41, 5.74) is 1.05. The molecule has 5 nitrogen and oxygen atoms in total. The quantitative estimate of drug-likeness (QED) is 0.630. The van der Waals surface area contributed by atoms with Crippen molar-refractivity contribution >= 4 is 40.5 Å². The Balaban J connectivity index is 2.17. The number of nitrogens with zero attached hydrogens (tertiary/aromatic N) is 2. The second-order valence-electron chi connectivity index (χ2n) is 4.55. The predicted octanol–water partition coefficient (Wildman–Crippen LogP) is 4.32. The standard InChI is InChI=1S/C17H10Cl2N4O/c18-13-5-6-16(14(19)7-13)23-17(24)12(9-21)10-22-15-4-2-1-3-11(15)8-20/h1-7,10,22H,(H,23,24)/b12-10-. The van der Waals surface area contributed by atoms with E-state index in [0.29, 0.717) is 22.0 Å². The molecular formula is C17H10Cl2N4O. The maximum absolute atomic E-state index is 12.2. The number of amides is 1.